The van der Waals surface area contributed by atoms with Crippen LogP contribution in [0.5, 0.6) is 0 Å². The molecule has 0 radical (unpaired) electrons. The Kier molecular flexibility index (Phi) is 3.27. The maximum absolute atomic E-state index is 12.5. The Morgan fingerprint density at radius 2 is 1.81 bits per heavy atom. The van der Waals surface area contributed by atoms with Crippen LogP contribution in [0.2, 0.25) is 0 Å². The number of benzene rings is 1. The molecule has 2 rings (SSSR count). The van der Waals surface area contributed by atoms with Crippen molar-refractivity contribution in [3.05, 3.63) is 24.3 Å². The lowest BCUT2D eigenvalue weighted by atomic mass is 9.97. The van der Waals surface area contributed by atoms with E-state index in [0.717, 1.165) is 11.4 Å². The second kappa shape index (κ2) is 4.68. The van der Waals surface area contributed by atoms with Gasteiger partial charge in [-0.15, -0.1) is 0 Å². The van der Waals surface area contributed by atoms with Crippen LogP contribution in [0.25, 0.3) is 0 Å². The average Bonchev–Trinajstić information content (AvgIpc) is 2.30. The highest BCUT2D eigenvalue weighted by atomic mass is 19.3. The van der Waals surface area contributed by atoms with E-state index in [1.807, 2.05) is 24.3 Å². The second-order valence-electron chi connectivity index (χ2n) is 4.22. The van der Waals surface area contributed by atoms with Gasteiger partial charge in [0, 0.05) is 19.0 Å². The normalized spacial score (nSPS) is 18.1. The third-order valence-electron chi connectivity index (χ3n) is 3.17. The van der Waals surface area contributed by atoms with E-state index in [1.165, 1.54) is 0 Å². The quantitative estimate of drug-likeness (QED) is 0.786. The van der Waals surface area contributed by atoms with E-state index in [2.05, 4.69) is 4.90 Å². The lowest BCUT2D eigenvalue weighted by Crippen LogP contribution is -2.36. The van der Waals surface area contributed by atoms with Crippen molar-refractivity contribution in [2.75, 3.05) is 23.7 Å². The first-order valence-corrected chi connectivity index (χ1v) is 5.56. The van der Waals surface area contributed by atoms with Gasteiger partial charge in [0.25, 0.3) is 0 Å². The monoisotopic (exact) mass is 226 g/mol. The standard InChI is InChI=1S/C12H16F2N2/c13-12(14)9-5-7-16(8-6-9)11-4-2-1-3-10(11)15/h1-4,9,12H,5-8,15H2. The molecule has 0 bridgehead atoms. The largest absolute Gasteiger partial charge is 0.397 e. The van der Waals surface area contributed by atoms with E-state index in [4.69, 9.17) is 5.73 Å². The molecule has 88 valence electrons. The maximum atomic E-state index is 12.5. The highest BCUT2D eigenvalue weighted by Gasteiger charge is 2.26. The molecular formula is C12H16F2N2. The van der Waals surface area contributed by atoms with Crippen LogP contribution in [0.1, 0.15) is 12.8 Å². The number of para-hydroxylation sites is 2. The lowest BCUT2D eigenvalue weighted by molar-refractivity contribution is 0.0636. The Labute approximate surface area is 94.0 Å². The summed E-state index contributed by atoms with van der Waals surface area (Å²) in [6, 6.07) is 7.59. The van der Waals surface area contributed by atoms with Crippen molar-refractivity contribution in [1.82, 2.24) is 0 Å². The van der Waals surface area contributed by atoms with Gasteiger partial charge < -0.3 is 10.6 Å². The summed E-state index contributed by atoms with van der Waals surface area (Å²) in [5, 5.41) is 0. The van der Waals surface area contributed by atoms with E-state index < -0.39 is 12.3 Å². The van der Waals surface area contributed by atoms with Crippen molar-refractivity contribution >= 4 is 11.4 Å². The number of alkyl halides is 2. The van der Waals surface area contributed by atoms with Crippen LogP contribution in [0.3, 0.4) is 0 Å². The Balaban J connectivity index is 2.02. The van der Waals surface area contributed by atoms with Crippen LogP contribution in [0.4, 0.5) is 20.2 Å². The summed E-state index contributed by atoms with van der Waals surface area (Å²) in [7, 11) is 0. The smallest absolute Gasteiger partial charge is 0.241 e. The fourth-order valence-electron chi connectivity index (χ4n) is 2.17. The zero-order valence-electron chi connectivity index (χ0n) is 9.07. The first kappa shape index (κ1) is 11.2. The van der Waals surface area contributed by atoms with Gasteiger partial charge in [-0.2, -0.15) is 0 Å². The Hall–Kier alpha value is -1.32. The number of nitrogens with two attached hydrogens (primary N) is 1. The first-order valence-electron chi connectivity index (χ1n) is 5.56. The van der Waals surface area contributed by atoms with Gasteiger partial charge in [0.15, 0.2) is 0 Å². The Morgan fingerprint density at radius 1 is 1.19 bits per heavy atom. The number of hydrogen-bond donors (Lipinski definition) is 1. The fourth-order valence-corrected chi connectivity index (χ4v) is 2.17. The van der Waals surface area contributed by atoms with Crippen molar-refractivity contribution in [1.29, 1.82) is 0 Å². The maximum Gasteiger partial charge on any atom is 0.241 e. The molecule has 0 unspecified atom stereocenters. The summed E-state index contributed by atoms with van der Waals surface area (Å²) >= 11 is 0. The first-order chi connectivity index (χ1) is 7.68. The third kappa shape index (κ3) is 2.26. The molecule has 16 heavy (non-hydrogen) atoms. The molecule has 0 saturated carbocycles. The minimum absolute atomic E-state index is 0.443. The minimum Gasteiger partial charge on any atom is -0.397 e. The molecule has 1 aliphatic rings. The molecule has 1 aromatic rings. The van der Waals surface area contributed by atoms with Gasteiger partial charge in [-0.05, 0) is 25.0 Å². The van der Waals surface area contributed by atoms with Crippen LogP contribution >= 0.6 is 0 Å². The van der Waals surface area contributed by atoms with Crippen LogP contribution < -0.4 is 10.6 Å². The molecule has 2 nitrogen and oxygen atoms in total. The highest BCUT2D eigenvalue weighted by molar-refractivity contribution is 5.67. The van der Waals surface area contributed by atoms with E-state index in [0.29, 0.717) is 25.9 Å². The van der Waals surface area contributed by atoms with Crippen molar-refractivity contribution in [2.24, 2.45) is 5.92 Å². The summed E-state index contributed by atoms with van der Waals surface area (Å²) in [6.07, 6.45) is -1.09. The van der Waals surface area contributed by atoms with Crippen LogP contribution in [0, 0.1) is 5.92 Å². The minimum atomic E-state index is -2.18. The second-order valence-corrected chi connectivity index (χ2v) is 4.22. The SMILES string of the molecule is Nc1ccccc1N1CCC(C(F)F)CC1. The molecule has 2 N–H and O–H groups in total. The number of anilines is 2. The average molecular weight is 226 g/mol. The predicted molar refractivity (Wildman–Crippen MR) is 61.8 cm³/mol. The molecule has 1 aliphatic heterocycles. The number of rotatable bonds is 2. The molecular weight excluding hydrogens is 210 g/mol. The molecule has 1 fully saturated rings. The molecule has 0 aliphatic carbocycles. The van der Waals surface area contributed by atoms with Crippen LogP contribution in [0.15, 0.2) is 24.3 Å². The third-order valence-corrected chi connectivity index (χ3v) is 3.17. The molecule has 1 saturated heterocycles. The zero-order valence-corrected chi connectivity index (χ0v) is 9.07. The van der Waals surface area contributed by atoms with Gasteiger partial charge in [0.05, 0.1) is 11.4 Å². The summed E-state index contributed by atoms with van der Waals surface area (Å²) in [6.45, 7) is 1.34. The topological polar surface area (TPSA) is 29.3 Å². The number of nitrogens with zero attached hydrogens (tertiary/aromatic N) is 1. The number of hydrogen-bond acceptors (Lipinski definition) is 2. The lowest BCUT2D eigenvalue weighted by Gasteiger charge is -2.33. The van der Waals surface area contributed by atoms with Crippen molar-refractivity contribution < 1.29 is 8.78 Å². The summed E-state index contributed by atoms with van der Waals surface area (Å²) < 4.78 is 25.0. The van der Waals surface area contributed by atoms with E-state index >= 15 is 0 Å². The summed E-state index contributed by atoms with van der Waals surface area (Å²) in [4.78, 5) is 2.09. The molecule has 0 spiro atoms. The molecule has 1 aromatic carbocycles. The summed E-state index contributed by atoms with van der Waals surface area (Å²) in [5.74, 6) is -0.443. The van der Waals surface area contributed by atoms with Gasteiger partial charge in [-0.3, -0.25) is 0 Å². The van der Waals surface area contributed by atoms with E-state index in [1.54, 1.807) is 0 Å². The molecule has 0 amide bonds. The molecule has 4 heteroatoms. The fraction of sp³-hybridized carbons (Fsp3) is 0.500. The highest BCUT2D eigenvalue weighted by Crippen LogP contribution is 2.29. The predicted octanol–water partition coefficient (Wildman–Crippen LogP) is 2.75. The van der Waals surface area contributed by atoms with Gasteiger partial charge in [0.1, 0.15) is 0 Å². The zero-order chi connectivity index (χ0) is 11.5. The van der Waals surface area contributed by atoms with Gasteiger partial charge in [-0.1, -0.05) is 12.1 Å². The van der Waals surface area contributed by atoms with Crippen molar-refractivity contribution in [3.63, 3.8) is 0 Å². The number of halogens is 2. The Morgan fingerprint density at radius 3 is 2.38 bits per heavy atom. The van der Waals surface area contributed by atoms with E-state index in [-0.39, 0.29) is 0 Å². The molecule has 1 heterocycles. The van der Waals surface area contributed by atoms with Gasteiger partial charge >= 0.3 is 0 Å². The number of piperidine rings is 1. The molecule has 0 atom stereocenters. The summed E-state index contributed by atoms with van der Waals surface area (Å²) in [5.41, 5.74) is 7.54. The van der Waals surface area contributed by atoms with Crippen LogP contribution in [-0.2, 0) is 0 Å². The van der Waals surface area contributed by atoms with Crippen molar-refractivity contribution in [2.45, 2.75) is 19.3 Å². The molecule has 0 aromatic heterocycles. The van der Waals surface area contributed by atoms with Crippen molar-refractivity contribution in [3.8, 4) is 0 Å². The van der Waals surface area contributed by atoms with Gasteiger partial charge in [-0.25, -0.2) is 8.78 Å². The van der Waals surface area contributed by atoms with Gasteiger partial charge in [0.2, 0.25) is 6.43 Å². The number of nitrogen functional groups attached to an aromatic ring is 1. The van der Waals surface area contributed by atoms with Crippen LogP contribution in [-0.4, -0.2) is 19.5 Å². The Bertz CT molecular complexity index is 347. The van der Waals surface area contributed by atoms with E-state index in [9.17, 15) is 8.78 Å².